The van der Waals surface area contributed by atoms with Crippen molar-refractivity contribution in [1.82, 2.24) is 15.5 Å². The Hall–Kier alpha value is -4.37. The topological polar surface area (TPSA) is 121 Å². The van der Waals surface area contributed by atoms with Gasteiger partial charge >= 0.3 is 6.03 Å². The number of amidine groups is 1. The smallest absolute Gasteiger partial charge is 0.318 e. The molecule has 1 aliphatic heterocycles. The molecule has 9 heteroatoms. The van der Waals surface area contributed by atoms with Gasteiger partial charge in [-0.25, -0.2) is 4.79 Å². The number of aryl methyl sites for hydroxylation is 1. The minimum Gasteiger partial charge on any atom is -0.403 e. The molecule has 1 heterocycles. The molecule has 0 radical (unpaired) electrons. The highest BCUT2D eigenvalue weighted by Gasteiger charge is 2.48. The van der Waals surface area contributed by atoms with Crippen molar-refractivity contribution in [2.24, 2.45) is 16.6 Å². The van der Waals surface area contributed by atoms with Crippen LogP contribution in [0.25, 0.3) is 5.70 Å². The third-order valence-electron chi connectivity index (χ3n) is 6.51. The number of nitrogens with two attached hydrogens (primary N) is 1. The number of nitrogens with one attached hydrogen (secondary N) is 3. The molecule has 2 aromatic rings. The summed E-state index contributed by atoms with van der Waals surface area (Å²) in [5.41, 5.74) is 9.98. The highest BCUT2D eigenvalue weighted by atomic mass is 16.5. The van der Waals surface area contributed by atoms with Crippen LogP contribution in [-0.2, 0) is 15.1 Å². The third kappa shape index (κ3) is 5.63. The second-order valence-corrected chi connectivity index (χ2v) is 9.34. The average Bonchev–Trinajstić information content (AvgIpc) is 3.72. The fraction of sp³-hybridized carbons (Fsp3) is 0.276. The van der Waals surface area contributed by atoms with Crippen LogP contribution >= 0.6 is 0 Å². The van der Waals surface area contributed by atoms with Gasteiger partial charge in [-0.1, -0.05) is 67.6 Å². The fourth-order valence-electron chi connectivity index (χ4n) is 4.25. The van der Waals surface area contributed by atoms with Crippen molar-refractivity contribution >= 4 is 29.2 Å². The molecule has 0 saturated carbocycles. The number of ether oxygens (including phenoxy) is 1. The van der Waals surface area contributed by atoms with Crippen LogP contribution in [0.4, 0.5) is 10.5 Å². The lowest BCUT2D eigenvalue weighted by Gasteiger charge is -2.37. The van der Waals surface area contributed by atoms with E-state index in [-0.39, 0.29) is 11.9 Å². The Balaban J connectivity index is 1.67. The summed E-state index contributed by atoms with van der Waals surface area (Å²) in [6.07, 6.45) is 5.39. The zero-order valence-corrected chi connectivity index (χ0v) is 22.0. The maximum Gasteiger partial charge on any atom is 0.318 e. The lowest BCUT2D eigenvalue weighted by Crippen LogP contribution is -2.49. The van der Waals surface area contributed by atoms with Gasteiger partial charge in [0.2, 0.25) is 5.91 Å². The van der Waals surface area contributed by atoms with E-state index < -0.39 is 11.5 Å². The summed E-state index contributed by atoms with van der Waals surface area (Å²) >= 11 is 0. The van der Waals surface area contributed by atoms with E-state index in [4.69, 9.17) is 15.5 Å². The SMILES string of the molecule is C=C(NC1=NCCOCC(C)C(=O)N(C2(c3ccc(C)cc3)C=C2)/C1=C/N)c1ccc(NC(=O)NC)cc1. The number of aliphatic imine (C=N–C) groups is 1. The van der Waals surface area contributed by atoms with Crippen LogP contribution in [-0.4, -0.2) is 49.5 Å². The normalized spacial score (nSPS) is 19.9. The molecule has 38 heavy (non-hydrogen) atoms. The molecule has 0 spiro atoms. The summed E-state index contributed by atoms with van der Waals surface area (Å²) in [6.45, 7) is 9.10. The Morgan fingerprint density at radius 3 is 2.45 bits per heavy atom. The van der Waals surface area contributed by atoms with Gasteiger partial charge in [0.05, 0.1) is 25.7 Å². The van der Waals surface area contributed by atoms with Crippen LogP contribution in [0.15, 0.2) is 84.2 Å². The summed E-state index contributed by atoms with van der Waals surface area (Å²) in [7, 11) is 1.55. The van der Waals surface area contributed by atoms with E-state index in [1.54, 1.807) is 24.1 Å². The first kappa shape index (κ1) is 26.7. The largest absolute Gasteiger partial charge is 0.403 e. The highest BCUT2D eigenvalue weighted by Crippen LogP contribution is 2.45. The lowest BCUT2D eigenvalue weighted by molar-refractivity contribution is -0.137. The number of anilines is 1. The Labute approximate surface area is 223 Å². The Kier molecular flexibility index (Phi) is 7.97. The molecule has 0 fully saturated rings. The van der Waals surface area contributed by atoms with E-state index in [0.29, 0.717) is 42.7 Å². The number of rotatable bonds is 5. The van der Waals surface area contributed by atoms with Crippen molar-refractivity contribution in [3.05, 3.63) is 95.8 Å². The lowest BCUT2D eigenvalue weighted by atomic mass is 9.96. The first-order valence-corrected chi connectivity index (χ1v) is 12.5. The maximum absolute atomic E-state index is 13.9. The van der Waals surface area contributed by atoms with Gasteiger partial charge in [0, 0.05) is 24.6 Å². The number of carbonyl (C=O) groups is 2. The van der Waals surface area contributed by atoms with Gasteiger partial charge in [-0.15, -0.1) is 0 Å². The molecular formula is C29H34N6O3. The van der Waals surface area contributed by atoms with Gasteiger partial charge in [0.1, 0.15) is 11.2 Å². The number of amides is 3. The molecule has 0 saturated heterocycles. The Morgan fingerprint density at radius 2 is 1.84 bits per heavy atom. The molecule has 2 aliphatic rings. The quantitative estimate of drug-likeness (QED) is 0.456. The molecule has 5 N–H and O–H groups in total. The molecule has 3 amide bonds. The molecule has 1 unspecified atom stereocenters. The van der Waals surface area contributed by atoms with Crippen molar-refractivity contribution in [2.75, 3.05) is 32.1 Å². The number of hydrogen-bond donors (Lipinski definition) is 4. The van der Waals surface area contributed by atoms with E-state index in [0.717, 1.165) is 16.7 Å². The van der Waals surface area contributed by atoms with Crippen LogP contribution in [0, 0.1) is 12.8 Å². The third-order valence-corrected chi connectivity index (χ3v) is 6.51. The molecule has 1 aliphatic carbocycles. The highest BCUT2D eigenvalue weighted by molar-refractivity contribution is 6.06. The van der Waals surface area contributed by atoms with Gasteiger partial charge in [-0.2, -0.15) is 0 Å². The fourth-order valence-corrected chi connectivity index (χ4v) is 4.25. The van der Waals surface area contributed by atoms with Gasteiger partial charge < -0.3 is 26.4 Å². The van der Waals surface area contributed by atoms with E-state index in [9.17, 15) is 9.59 Å². The first-order chi connectivity index (χ1) is 18.3. The second-order valence-electron chi connectivity index (χ2n) is 9.34. The van der Waals surface area contributed by atoms with Gasteiger partial charge in [0.25, 0.3) is 0 Å². The molecule has 1 atom stereocenters. The molecule has 2 aromatic carbocycles. The number of nitrogens with zero attached hydrogens (tertiary/aromatic N) is 2. The molecule has 198 valence electrons. The van der Waals surface area contributed by atoms with Crippen LogP contribution in [0.5, 0.6) is 0 Å². The van der Waals surface area contributed by atoms with E-state index >= 15 is 0 Å². The van der Waals surface area contributed by atoms with Crippen LogP contribution in [0.3, 0.4) is 0 Å². The monoisotopic (exact) mass is 514 g/mol. The minimum absolute atomic E-state index is 0.126. The molecule has 0 bridgehead atoms. The molecule has 4 rings (SSSR count). The van der Waals surface area contributed by atoms with Crippen molar-refractivity contribution in [1.29, 1.82) is 0 Å². The second kappa shape index (κ2) is 11.4. The summed E-state index contributed by atoms with van der Waals surface area (Å²) in [5.74, 6) is -0.104. The first-order valence-electron chi connectivity index (χ1n) is 12.5. The van der Waals surface area contributed by atoms with E-state index in [1.165, 1.54) is 6.20 Å². The number of hydrogen-bond acceptors (Lipinski definition) is 6. The van der Waals surface area contributed by atoms with E-state index in [2.05, 4.69) is 22.5 Å². The van der Waals surface area contributed by atoms with Crippen LogP contribution in [0.1, 0.15) is 23.6 Å². The molecule has 0 aromatic heterocycles. The Morgan fingerprint density at radius 1 is 1.16 bits per heavy atom. The standard InChI is InChI=1S/C29H34N6O3/c1-19-5-9-23(10-6-19)29(13-14-29)35-25(17-30)26(32-15-16-38-18-20(2)27(35)36)33-21(3)22-7-11-24(12-8-22)34-28(37)31-4/h5-14,17,20H,3,15-16,18,30H2,1-2,4H3,(H,32,33)(H2,31,34,37)/b25-17+. The van der Waals surface area contributed by atoms with E-state index in [1.807, 2.05) is 62.4 Å². The van der Waals surface area contributed by atoms with Crippen LogP contribution < -0.4 is 21.7 Å². The summed E-state index contributed by atoms with van der Waals surface area (Å²) in [6, 6.07) is 15.0. The van der Waals surface area contributed by atoms with Crippen LogP contribution in [0.2, 0.25) is 0 Å². The van der Waals surface area contributed by atoms with Gasteiger partial charge in [0.15, 0.2) is 5.84 Å². The van der Waals surface area contributed by atoms with Gasteiger partial charge in [-0.05, 0) is 30.2 Å². The van der Waals surface area contributed by atoms with Gasteiger partial charge in [-0.3, -0.25) is 14.7 Å². The summed E-state index contributed by atoms with van der Waals surface area (Å²) in [5, 5.41) is 8.52. The molecule has 9 nitrogen and oxygen atoms in total. The zero-order chi connectivity index (χ0) is 27.3. The minimum atomic E-state index is -0.750. The predicted molar refractivity (Wildman–Crippen MR) is 150 cm³/mol. The van der Waals surface area contributed by atoms with Crippen molar-refractivity contribution in [3.63, 3.8) is 0 Å². The summed E-state index contributed by atoms with van der Waals surface area (Å²) < 4.78 is 5.74. The number of urea groups is 1. The van der Waals surface area contributed by atoms with Crippen molar-refractivity contribution < 1.29 is 14.3 Å². The number of carbonyl (C=O) groups excluding carboxylic acids is 2. The average molecular weight is 515 g/mol. The van der Waals surface area contributed by atoms with Crippen molar-refractivity contribution in [2.45, 2.75) is 19.4 Å². The zero-order valence-electron chi connectivity index (χ0n) is 22.0. The molecular weight excluding hydrogens is 480 g/mol. The Bertz CT molecular complexity index is 1290. The summed E-state index contributed by atoms with van der Waals surface area (Å²) in [4.78, 5) is 31.9. The predicted octanol–water partition coefficient (Wildman–Crippen LogP) is 3.47. The van der Waals surface area contributed by atoms with Crippen molar-refractivity contribution in [3.8, 4) is 0 Å². The maximum atomic E-state index is 13.9. The number of benzene rings is 2.